The van der Waals surface area contributed by atoms with Crippen molar-refractivity contribution in [2.45, 2.75) is 30.7 Å². The quantitative estimate of drug-likeness (QED) is 0.640. The lowest BCUT2D eigenvalue weighted by Gasteiger charge is -2.42. The van der Waals surface area contributed by atoms with E-state index in [9.17, 15) is 0 Å². The molecule has 4 rings (SSSR count). The summed E-state index contributed by atoms with van der Waals surface area (Å²) in [6, 6.07) is 8.53. The second-order valence-corrected chi connectivity index (χ2v) is 8.78. The zero-order valence-corrected chi connectivity index (χ0v) is 15.6. The number of hydrogen-bond donors (Lipinski definition) is 2. The van der Waals surface area contributed by atoms with Crippen molar-refractivity contribution in [1.82, 2.24) is 20.3 Å². The lowest BCUT2D eigenvalue weighted by molar-refractivity contribution is 0.233. The standard InChI is InChI=1S/C18H19BrN4S/c19-15-5-4-14(24-15)18(6-2-7-18)12-23-16(17-21-9-10-22-17)13-3-1-8-20-11-13/h1,3-5,8-11,16,23H,2,6-7,12H2,(H,21,22). The Kier molecular flexibility index (Phi) is 4.52. The summed E-state index contributed by atoms with van der Waals surface area (Å²) in [6.45, 7) is 0.945. The number of thiophene rings is 1. The van der Waals surface area contributed by atoms with Crippen LogP contribution in [0.25, 0.3) is 0 Å². The van der Waals surface area contributed by atoms with E-state index in [0.29, 0.717) is 0 Å². The highest BCUT2D eigenvalue weighted by atomic mass is 79.9. The highest BCUT2D eigenvalue weighted by Gasteiger charge is 2.40. The largest absolute Gasteiger partial charge is 0.347 e. The number of rotatable bonds is 6. The molecule has 0 aromatic carbocycles. The summed E-state index contributed by atoms with van der Waals surface area (Å²) >= 11 is 5.46. The molecule has 4 nitrogen and oxygen atoms in total. The molecule has 1 unspecified atom stereocenters. The molecule has 3 aromatic rings. The van der Waals surface area contributed by atoms with Crippen LogP contribution in [0.3, 0.4) is 0 Å². The SMILES string of the molecule is Brc1ccc(C2(CNC(c3cccnc3)c3ncc[nH]3)CCC2)s1. The van der Waals surface area contributed by atoms with Gasteiger partial charge in [-0.1, -0.05) is 12.5 Å². The van der Waals surface area contributed by atoms with E-state index in [-0.39, 0.29) is 11.5 Å². The van der Waals surface area contributed by atoms with Crippen molar-refractivity contribution in [2.24, 2.45) is 0 Å². The summed E-state index contributed by atoms with van der Waals surface area (Å²) in [5, 5.41) is 3.75. The molecule has 1 saturated carbocycles. The van der Waals surface area contributed by atoms with Gasteiger partial charge in [0.1, 0.15) is 5.82 Å². The monoisotopic (exact) mass is 402 g/mol. The van der Waals surface area contributed by atoms with Crippen molar-refractivity contribution < 1.29 is 0 Å². The molecule has 0 radical (unpaired) electrons. The lowest BCUT2D eigenvalue weighted by atomic mass is 9.67. The zero-order valence-electron chi connectivity index (χ0n) is 13.2. The van der Waals surface area contributed by atoms with Crippen LogP contribution in [0.2, 0.25) is 0 Å². The first-order valence-corrected chi connectivity index (χ1v) is 9.76. The summed E-state index contributed by atoms with van der Waals surface area (Å²) in [4.78, 5) is 13.4. The third-order valence-electron chi connectivity index (χ3n) is 4.86. The molecule has 1 fully saturated rings. The first-order chi connectivity index (χ1) is 11.8. The first-order valence-electron chi connectivity index (χ1n) is 8.15. The number of aromatic amines is 1. The number of halogens is 1. The second kappa shape index (κ2) is 6.78. The topological polar surface area (TPSA) is 53.6 Å². The Morgan fingerprint density at radius 3 is 2.79 bits per heavy atom. The van der Waals surface area contributed by atoms with E-state index in [0.717, 1.165) is 17.9 Å². The van der Waals surface area contributed by atoms with Gasteiger partial charge in [0.15, 0.2) is 0 Å². The maximum Gasteiger partial charge on any atom is 0.127 e. The molecular weight excluding hydrogens is 384 g/mol. The van der Waals surface area contributed by atoms with Crippen LogP contribution in [0.15, 0.2) is 52.8 Å². The highest BCUT2D eigenvalue weighted by molar-refractivity contribution is 9.11. The Bertz CT molecular complexity index is 780. The number of H-pyrrole nitrogens is 1. The van der Waals surface area contributed by atoms with E-state index in [1.54, 1.807) is 12.4 Å². The summed E-state index contributed by atoms with van der Waals surface area (Å²) in [6.07, 6.45) is 11.2. The molecule has 0 saturated heterocycles. The number of imidazole rings is 1. The molecule has 24 heavy (non-hydrogen) atoms. The molecule has 0 bridgehead atoms. The maximum atomic E-state index is 4.46. The van der Waals surface area contributed by atoms with Gasteiger partial charge in [-0.05, 0) is 52.5 Å². The molecule has 124 valence electrons. The van der Waals surface area contributed by atoms with Crippen molar-refractivity contribution in [3.63, 3.8) is 0 Å². The number of pyridine rings is 1. The van der Waals surface area contributed by atoms with Gasteiger partial charge in [-0.2, -0.15) is 0 Å². The summed E-state index contributed by atoms with van der Waals surface area (Å²) in [5.41, 5.74) is 1.39. The second-order valence-electron chi connectivity index (χ2n) is 6.31. The smallest absolute Gasteiger partial charge is 0.127 e. The molecule has 1 atom stereocenters. The molecule has 3 heterocycles. The molecular formula is C18H19BrN4S. The van der Waals surface area contributed by atoms with Gasteiger partial charge in [0.25, 0.3) is 0 Å². The van der Waals surface area contributed by atoms with Crippen LogP contribution in [0.1, 0.15) is 41.6 Å². The van der Waals surface area contributed by atoms with Crippen molar-refractivity contribution in [3.05, 3.63) is 69.1 Å². The highest BCUT2D eigenvalue weighted by Crippen LogP contribution is 2.47. The molecule has 0 amide bonds. The van der Waals surface area contributed by atoms with Crippen molar-refractivity contribution in [2.75, 3.05) is 6.54 Å². The number of aromatic nitrogens is 3. The Morgan fingerprint density at radius 2 is 2.21 bits per heavy atom. The van der Waals surface area contributed by atoms with Crippen LogP contribution in [0, 0.1) is 0 Å². The minimum absolute atomic E-state index is 0.0366. The summed E-state index contributed by atoms with van der Waals surface area (Å²) < 4.78 is 1.21. The van der Waals surface area contributed by atoms with E-state index in [2.05, 4.69) is 54.4 Å². The average molecular weight is 403 g/mol. The third kappa shape index (κ3) is 3.06. The van der Waals surface area contributed by atoms with Gasteiger partial charge in [0.2, 0.25) is 0 Å². The Hall–Kier alpha value is -1.50. The van der Waals surface area contributed by atoms with E-state index >= 15 is 0 Å². The third-order valence-corrected chi connectivity index (χ3v) is 6.73. The van der Waals surface area contributed by atoms with Crippen molar-refractivity contribution in [1.29, 1.82) is 0 Å². The number of nitrogens with one attached hydrogen (secondary N) is 2. The lowest BCUT2D eigenvalue weighted by Crippen LogP contribution is -2.44. The van der Waals surface area contributed by atoms with Crippen molar-refractivity contribution in [3.8, 4) is 0 Å². The van der Waals surface area contributed by atoms with Crippen LogP contribution < -0.4 is 5.32 Å². The van der Waals surface area contributed by atoms with Gasteiger partial charge in [0.05, 0.1) is 9.83 Å². The molecule has 0 aliphatic heterocycles. The minimum atomic E-state index is 0.0366. The normalized spacial score (nSPS) is 17.4. The van der Waals surface area contributed by atoms with Crippen LogP contribution in [-0.2, 0) is 5.41 Å². The molecule has 0 spiro atoms. The van der Waals surface area contributed by atoms with Gasteiger partial charge >= 0.3 is 0 Å². The predicted molar refractivity (Wildman–Crippen MR) is 100 cm³/mol. The number of hydrogen-bond acceptors (Lipinski definition) is 4. The van der Waals surface area contributed by atoms with Gasteiger partial charge in [-0.25, -0.2) is 4.98 Å². The average Bonchev–Trinajstić information content (AvgIpc) is 3.23. The van der Waals surface area contributed by atoms with Crippen LogP contribution >= 0.6 is 27.3 Å². The maximum absolute atomic E-state index is 4.46. The molecule has 2 N–H and O–H groups in total. The predicted octanol–water partition coefficient (Wildman–Crippen LogP) is 4.43. The fraction of sp³-hybridized carbons (Fsp3) is 0.333. The molecule has 6 heteroatoms. The minimum Gasteiger partial charge on any atom is -0.347 e. The molecule has 1 aliphatic carbocycles. The van der Waals surface area contributed by atoms with Crippen LogP contribution in [-0.4, -0.2) is 21.5 Å². The van der Waals surface area contributed by atoms with Gasteiger partial charge in [-0.15, -0.1) is 11.3 Å². The fourth-order valence-corrected chi connectivity index (χ4v) is 5.00. The zero-order chi connectivity index (χ0) is 16.4. The van der Waals surface area contributed by atoms with Crippen molar-refractivity contribution >= 4 is 27.3 Å². The van der Waals surface area contributed by atoms with Crippen LogP contribution in [0.4, 0.5) is 0 Å². The fourth-order valence-electron chi connectivity index (χ4n) is 3.37. The molecule has 3 aromatic heterocycles. The van der Waals surface area contributed by atoms with E-state index < -0.39 is 0 Å². The Morgan fingerprint density at radius 1 is 1.29 bits per heavy atom. The summed E-state index contributed by atoms with van der Waals surface area (Å²) in [5.74, 6) is 0.935. The summed E-state index contributed by atoms with van der Waals surface area (Å²) in [7, 11) is 0. The van der Waals surface area contributed by atoms with Crippen LogP contribution in [0.5, 0.6) is 0 Å². The van der Waals surface area contributed by atoms with Gasteiger partial charge in [0, 0.05) is 41.6 Å². The van der Waals surface area contributed by atoms with E-state index in [1.807, 2.05) is 29.8 Å². The van der Waals surface area contributed by atoms with E-state index in [1.165, 1.54) is 27.9 Å². The number of nitrogens with zero attached hydrogens (tertiary/aromatic N) is 2. The Balaban J connectivity index is 1.57. The first kappa shape index (κ1) is 16.0. The molecule has 1 aliphatic rings. The van der Waals surface area contributed by atoms with Gasteiger partial charge in [-0.3, -0.25) is 4.98 Å². The van der Waals surface area contributed by atoms with Gasteiger partial charge < -0.3 is 10.3 Å². The van der Waals surface area contributed by atoms with E-state index in [4.69, 9.17) is 0 Å². The Labute approximate surface area is 153 Å².